The smallest absolute Gasteiger partial charge is 0.184 e. The van der Waals surface area contributed by atoms with Gasteiger partial charge in [0.05, 0.1) is 11.4 Å². The maximum Gasteiger partial charge on any atom is 0.184 e. The Bertz CT molecular complexity index is 1070. The molecule has 0 spiro atoms. The molecule has 1 N–H and O–H groups in total. The van der Waals surface area contributed by atoms with Gasteiger partial charge in [0.25, 0.3) is 0 Å². The summed E-state index contributed by atoms with van der Waals surface area (Å²) >= 11 is 0. The van der Waals surface area contributed by atoms with Crippen molar-refractivity contribution in [2.24, 2.45) is 0 Å². The predicted octanol–water partition coefficient (Wildman–Crippen LogP) is 8.16. The van der Waals surface area contributed by atoms with Crippen LogP contribution in [0, 0.1) is 6.92 Å². The Morgan fingerprint density at radius 2 is 1.67 bits per heavy atom. The molecule has 0 fully saturated rings. The molecule has 174 valence electrons. The highest BCUT2D eigenvalue weighted by Crippen LogP contribution is 2.58. The maximum atomic E-state index is 6.74. The van der Waals surface area contributed by atoms with E-state index in [-0.39, 0.29) is 5.85 Å². The molecule has 0 radical (unpaired) electrons. The first kappa shape index (κ1) is 23.8. The summed E-state index contributed by atoms with van der Waals surface area (Å²) in [7, 11) is -0.109. The Labute approximate surface area is 200 Å². The minimum absolute atomic E-state index is 0.201. The van der Waals surface area contributed by atoms with E-state index in [9.17, 15) is 0 Å². The largest absolute Gasteiger partial charge is 0.457 e. The van der Waals surface area contributed by atoms with Crippen LogP contribution in [0.5, 0.6) is 11.5 Å². The van der Waals surface area contributed by atoms with Gasteiger partial charge in [-0.15, -0.1) is 0 Å². The number of hydrogen-bond donors (Lipinski definition) is 1. The molecule has 2 atom stereocenters. The summed E-state index contributed by atoms with van der Waals surface area (Å²) in [5.74, 6) is 1.96. The summed E-state index contributed by atoms with van der Waals surface area (Å²) in [6.45, 7) is 9.04. The molecule has 4 rings (SSSR count). The van der Waals surface area contributed by atoms with Crippen molar-refractivity contribution in [1.29, 1.82) is 0 Å². The predicted molar refractivity (Wildman–Crippen MR) is 144 cm³/mol. The van der Waals surface area contributed by atoms with E-state index in [1.165, 1.54) is 22.5 Å². The number of aryl methyl sites for hydroxylation is 2. The van der Waals surface area contributed by atoms with E-state index >= 15 is 0 Å². The molecule has 0 aromatic heterocycles. The van der Waals surface area contributed by atoms with Gasteiger partial charge in [0, 0.05) is 7.05 Å². The number of ether oxygens (including phenoxy) is 1. The normalized spacial score (nSPS) is 16.3. The molecule has 0 aliphatic carbocycles. The van der Waals surface area contributed by atoms with Crippen molar-refractivity contribution in [3.63, 3.8) is 0 Å². The Morgan fingerprint density at radius 1 is 0.939 bits per heavy atom. The second-order valence-electron chi connectivity index (χ2n) is 9.59. The van der Waals surface area contributed by atoms with Crippen LogP contribution in [0.2, 0.25) is 19.6 Å². The number of anilines is 2. The van der Waals surface area contributed by atoms with Crippen molar-refractivity contribution in [3.8, 4) is 11.5 Å². The number of nitrogens with one attached hydrogen (secondary N) is 1. The number of para-hydroxylation sites is 2. The minimum Gasteiger partial charge on any atom is -0.457 e. The first-order valence-electron chi connectivity index (χ1n) is 11.7. The molecular formula is C27H35N2O2PSi. The van der Waals surface area contributed by atoms with Gasteiger partial charge in [0.15, 0.2) is 8.32 Å². The van der Waals surface area contributed by atoms with Crippen LogP contribution in [0.4, 0.5) is 11.4 Å². The van der Waals surface area contributed by atoms with E-state index < -0.39 is 16.5 Å². The highest BCUT2D eigenvalue weighted by atomic mass is 31.1. The highest BCUT2D eigenvalue weighted by Gasteiger charge is 2.36. The van der Waals surface area contributed by atoms with Gasteiger partial charge in [0.1, 0.15) is 25.6 Å². The molecule has 3 aromatic carbocycles. The highest BCUT2D eigenvalue weighted by molar-refractivity contribution is 7.62. The molecule has 2 unspecified atom stereocenters. The zero-order valence-corrected chi connectivity index (χ0v) is 22.2. The molecule has 33 heavy (non-hydrogen) atoms. The summed E-state index contributed by atoms with van der Waals surface area (Å²) in [6.07, 6.45) is 3.12. The molecular weight excluding hydrogens is 443 g/mol. The van der Waals surface area contributed by atoms with Gasteiger partial charge >= 0.3 is 0 Å². The summed E-state index contributed by atoms with van der Waals surface area (Å²) in [6, 6.07) is 24.9. The molecule has 1 aliphatic heterocycles. The van der Waals surface area contributed by atoms with Crippen LogP contribution in [-0.4, -0.2) is 21.2 Å². The molecule has 0 bridgehead atoms. The maximum absolute atomic E-state index is 6.74. The van der Waals surface area contributed by atoms with E-state index in [4.69, 9.17) is 9.16 Å². The molecule has 0 saturated heterocycles. The second-order valence-corrected chi connectivity index (χ2v) is 16.1. The Balaban J connectivity index is 1.41. The van der Waals surface area contributed by atoms with Crippen LogP contribution in [-0.2, 0) is 10.8 Å². The molecule has 4 nitrogen and oxygen atoms in total. The lowest BCUT2D eigenvalue weighted by Gasteiger charge is -2.34. The van der Waals surface area contributed by atoms with Crippen LogP contribution in [0.15, 0.2) is 72.8 Å². The Hall–Kier alpha value is -2.33. The minimum atomic E-state index is -1.69. The summed E-state index contributed by atoms with van der Waals surface area (Å²) in [5.41, 5.74) is 5.15. The van der Waals surface area contributed by atoms with Gasteiger partial charge in [-0.1, -0.05) is 42.5 Å². The van der Waals surface area contributed by atoms with Crippen molar-refractivity contribution in [1.82, 2.24) is 0 Å². The fraction of sp³-hybridized carbons (Fsp3) is 0.333. The van der Waals surface area contributed by atoms with E-state index in [2.05, 4.69) is 79.8 Å². The number of fused-ring (bicyclic) bond motifs is 1. The van der Waals surface area contributed by atoms with Crippen molar-refractivity contribution in [2.75, 3.05) is 16.8 Å². The zero-order chi connectivity index (χ0) is 23.4. The lowest BCUT2D eigenvalue weighted by molar-refractivity contribution is 0.261. The monoisotopic (exact) mass is 478 g/mol. The number of nitrogens with zero attached hydrogens (tertiary/aromatic N) is 1. The van der Waals surface area contributed by atoms with Gasteiger partial charge in [-0.3, -0.25) is 0 Å². The summed E-state index contributed by atoms with van der Waals surface area (Å²) < 4.78 is 15.2. The van der Waals surface area contributed by atoms with E-state index in [0.29, 0.717) is 0 Å². The average molecular weight is 479 g/mol. The average Bonchev–Trinajstić information content (AvgIpc) is 3.11. The first-order chi connectivity index (χ1) is 15.8. The lowest BCUT2D eigenvalue weighted by atomic mass is 10.1. The first-order valence-corrected chi connectivity index (χ1v) is 16.5. The molecule has 3 aromatic rings. The topological polar surface area (TPSA) is 33.7 Å². The number of benzene rings is 3. The van der Waals surface area contributed by atoms with Crippen LogP contribution >= 0.6 is 8.22 Å². The van der Waals surface area contributed by atoms with E-state index in [1.54, 1.807) is 0 Å². The van der Waals surface area contributed by atoms with Gasteiger partial charge in [-0.05, 0) is 87.3 Å². The van der Waals surface area contributed by atoms with Gasteiger partial charge < -0.3 is 18.9 Å². The third-order valence-corrected chi connectivity index (χ3v) is 9.12. The van der Waals surface area contributed by atoms with Crippen LogP contribution in [0.3, 0.4) is 0 Å². The van der Waals surface area contributed by atoms with Crippen LogP contribution in [0.25, 0.3) is 0 Å². The Morgan fingerprint density at radius 3 is 2.39 bits per heavy atom. The zero-order valence-electron chi connectivity index (χ0n) is 20.3. The van der Waals surface area contributed by atoms with Crippen molar-refractivity contribution < 1.29 is 9.16 Å². The Kier molecular flexibility index (Phi) is 7.43. The van der Waals surface area contributed by atoms with Gasteiger partial charge in [-0.2, -0.15) is 0 Å². The quantitative estimate of drug-likeness (QED) is 0.248. The molecule has 1 aliphatic rings. The fourth-order valence-corrected chi connectivity index (χ4v) is 8.46. The SMILES string of the molecule is Cc1cccc2c1NP(C(CCCc1cccc(Oc3ccccc3)c1)O[Si](C)(C)C)N2C. The standard InChI is InChI=1S/C27H35N2O2PSi/c1-21-12-9-18-25-27(21)28-32(29(25)2)26(31-33(3,4)5)19-11-14-22-13-10-17-24(20-22)30-23-15-7-6-8-16-23/h6-10,12-13,15-18,20,26,28H,11,14,19H2,1-5H3. The van der Waals surface area contributed by atoms with E-state index in [0.717, 1.165) is 30.8 Å². The van der Waals surface area contributed by atoms with Crippen LogP contribution in [0.1, 0.15) is 24.0 Å². The molecule has 0 saturated carbocycles. The fourth-order valence-electron chi connectivity index (χ4n) is 4.15. The second kappa shape index (κ2) is 10.3. The van der Waals surface area contributed by atoms with Crippen molar-refractivity contribution in [3.05, 3.63) is 83.9 Å². The molecule has 0 amide bonds. The van der Waals surface area contributed by atoms with Gasteiger partial charge in [0.2, 0.25) is 0 Å². The lowest BCUT2D eigenvalue weighted by Crippen LogP contribution is -2.34. The molecule has 6 heteroatoms. The third kappa shape index (κ3) is 6.17. The van der Waals surface area contributed by atoms with Crippen molar-refractivity contribution in [2.45, 2.75) is 51.7 Å². The molecule has 1 heterocycles. The summed E-state index contributed by atoms with van der Waals surface area (Å²) in [5, 5.41) is 3.83. The van der Waals surface area contributed by atoms with E-state index in [1.807, 2.05) is 36.4 Å². The van der Waals surface area contributed by atoms with Gasteiger partial charge in [-0.25, -0.2) is 0 Å². The third-order valence-electron chi connectivity index (χ3n) is 5.71. The van der Waals surface area contributed by atoms with Crippen LogP contribution < -0.4 is 14.5 Å². The van der Waals surface area contributed by atoms with Crippen molar-refractivity contribution >= 4 is 27.9 Å². The number of hydrogen-bond acceptors (Lipinski definition) is 4. The number of rotatable bonds is 9. The summed E-state index contributed by atoms with van der Waals surface area (Å²) in [4.78, 5) is 0.